The molecule has 0 radical (unpaired) electrons. The fraction of sp³-hybridized carbons (Fsp3) is 0.562. The minimum absolute atomic E-state index is 0.0704. The number of aryl methyl sites for hydroxylation is 1. The monoisotopic (exact) mass is 276 g/mol. The molecule has 1 saturated heterocycles. The smallest absolute Gasteiger partial charge is 0.254 e. The van der Waals surface area contributed by atoms with Gasteiger partial charge >= 0.3 is 0 Å². The molecule has 0 bridgehead atoms. The fourth-order valence-corrected chi connectivity index (χ4v) is 2.73. The number of nitrogens with two attached hydrogens (primary N) is 1. The van der Waals surface area contributed by atoms with Crippen LogP contribution in [0.3, 0.4) is 0 Å². The molecular formula is C16H24N2O2. The molecule has 0 spiro atoms. The Labute approximate surface area is 120 Å². The van der Waals surface area contributed by atoms with Crippen LogP contribution in [0, 0.1) is 13.8 Å². The number of amides is 1. The van der Waals surface area contributed by atoms with Gasteiger partial charge in [-0.05, 0) is 44.9 Å². The molecule has 4 heteroatoms. The Morgan fingerprint density at radius 3 is 2.80 bits per heavy atom. The molecule has 1 unspecified atom stereocenters. The van der Waals surface area contributed by atoms with Crippen LogP contribution in [-0.4, -0.2) is 42.1 Å². The third kappa shape index (κ3) is 3.02. The Kier molecular flexibility index (Phi) is 4.16. The number of hydrogen-bond donors (Lipinski definition) is 1. The van der Waals surface area contributed by atoms with Crippen LogP contribution in [0.15, 0.2) is 18.2 Å². The lowest BCUT2D eigenvalue weighted by Gasteiger charge is -2.42. The summed E-state index contributed by atoms with van der Waals surface area (Å²) >= 11 is 0. The zero-order valence-electron chi connectivity index (χ0n) is 12.8. The average Bonchev–Trinajstić information content (AvgIpc) is 2.39. The molecule has 110 valence electrons. The summed E-state index contributed by atoms with van der Waals surface area (Å²) in [6, 6.07) is 5.85. The summed E-state index contributed by atoms with van der Waals surface area (Å²) in [7, 11) is 0. The number of hydrogen-bond acceptors (Lipinski definition) is 3. The topological polar surface area (TPSA) is 55.6 Å². The van der Waals surface area contributed by atoms with Crippen LogP contribution in [0.1, 0.15) is 35.3 Å². The van der Waals surface area contributed by atoms with Crippen molar-refractivity contribution in [1.82, 2.24) is 4.90 Å². The van der Waals surface area contributed by atoms with Crippen molar-refractivity contribution < 1.29 is 9.53 Å². The summed E-state index contributed by atoms with van der Waals surface area (Å²) in [6.07, 6.45) is -0.0900. The van der Waals surface area contributed by atoms with Crippen molar-refractivity contribution in [2.24, 2.45) is 5.73 Å². The standard InChI is InChI=1S/C16H24N2O2/c1-11-6-5-7-14(12(11)2)15(19)18-9-13(8-17)20-16(3,4)10-18/h5-7,13H,8-10,17H2,1-4H3. The molecule has 1 aromatic rings. The van der Waals surface area contributed by atoms with Gasteiger partial charge in [-0.25, -0.2) is 0 Å². The van der Waals surface area contributed by atoms with Crippen molar-refractivity contribution in [3.05, 3.63) is 34.9 Å². The van der Waals surface area contributed by atoms with Crippen molar-refractivity contribution in [2.75, 3.05) is 19.6 Å². The first kappa shape index (κ1) is 15.0. The highest BCUT2D eigenvalue weighted by Gasteiger charge is 2.35. The SMILES string of the molecule is Cc1cccc(C(=O)N2CC(CN)OC(C)(C)C2)c1C. The molecule has 4 nitrogen and oxygen atoms in total. The van der Waals surface area contributed by atoms with Crippen molar-refractivity contribution >= 4 is 5.91 Å². The number of morpholine rings is 1. The van der Waals surface area contributed by atoms with Crippen LogP contribution >= 0.6 is 0 Å². The van der Waals surface area contributed by atoms with E-state index in [1.807, 2.05) is 50.8 Å². The maximum absolute atomic E-state index is 12.8. The summed E-state index contributed by atoms with van der Waals surface area (Å²) in [5, 5.41) is 0. The molecule has 2 rings (SSSR count). The summed E-state index contributed by atoms with van der Waals surface area (Å²) < 4.78 is 5.87. The molecule has 0 aliphatic carbocycles. The number of carbonyl (C=O) groups excluding carboxylic acids is 1. The van der Waals surface area contributed by atoms with Gasteiger partial charge in [0.05, 0.1) is 11.7 Å². The Balaban J connectivity index is 2.26. The van der Waals surface area contributed by atoms with Gasteiger partial charge in [0.1, 0.15) is 0 Å². The van der Waals surface area contributed by atoms with Crippen molar-refractivity contribution in [1.29, 1.82) is 0 Å². The number of ether oxygens (including phenoxy) is 1. The highest BCUT2D eigenvalue weighted by atomic mass is 16.5. The normalized spacial score (nSPS) is 21.9. The fourth-order valence-electron chi connectivity index (χ4n) is 2.73. The minimum Gasteiger partial charge on any atom is -0.367 e. The van der Waals surface area contributed by atoms with Crippen molar-refractivity contribution in [2.45, 2.75) is 39.4 Å². The van der Waals surface area contributed by atoms with Gasteiger partial charge < -0.3 is 15.4 Å². The molecule has 1 fully saturated rings. The second-order valence-electron chi connectivity index (χ2n) is 6.17. The van der Waals surface area contributed by atoms with Gasteiger partial charge in [0.2, 0.25) is 0 Å². The van der Waals surface area contributed by atoms with Gasteiger partial charge in [-0.3, -0.25) is 4.79 Å². The molecule has 1 aliphatic rings. The third-order valence-corrected chi connectivity index (χ3v) is 3.87. The van der Waals surface area contributed by atoms with E-state index < -0.39 is 0 Å². The summed E-state index contributed by atoms with van der Waals surface area (Å²) in [5.41, 5.74) is 8.33. The second-order valence-corrected chi connectivity index (χ2v) is 6.17. The first-order valence-electron chi connectivity index (χ1n) is 7.07. The third-order valence-electron chi connectivity index (χ3n) is 3.87. The van der Waals surface area contributed by atoms with Gasteiger partial charge in [0.15, 0.2) is 0 Å². The molecule has 1 aliphatic heterocycles. The minimum atomic E-state index is -0.352. The quantitative estimate of drug-likeness (QED) is 0.897. The molecule has 1 amide bonds. The summed E-state index contributed by atoms with van der Waals surface area (Å²) in [6.45, 7) is 9.60. The van der Waals surface area contributed by atoms with Gasteiger partial charge in [-0.1, -0.05) is 12.1 Å². The van der Waals surface area contributed by atoms with Crippen LogP contribution in [0.4, 0.5) is 0 Å². The Morgan fingerprint density at radius 1 is 1.45 bits per heavy atom. The van der Waals surface area contributed by atoms with Crippen LogP contribution < -0.4 is 5.73 Å². The van der Waals surface area contributed by atoms with E-state index in [4.69, 9.17) is 10.5 Å². The molecular weight excluding hydrogens is 252 g/mol. The van der Waals surface area contributed by atoms with Crippen LogP contribution in [0.25, 0.3) is 0 Å². The highest BCUT2D eigenvalue weighted by molar-refractivity contribution is 5.96. The molecule has 0 saturated carbocycles. The summed E-state index contributed by atoms with van der Waals surface area (Å²) in [4.78, 5) is 14.6. The van der Waals surface area contributed by atoms with E-state index in [0.717, 1.165) is 16.7 Å². The predicted octanol–water partition coefficient (Wildman–Crippen LogP) is 1.88. The Hall–Kier alpha value is -1.39. The predicted molar refractivity (Wildman–Crippen MR) is 79.8 cm³/mol. The van der Waals surface area contributed by atoms with E-state index in [1.165, 1.54) is 0 Å². The zero-order chi connectivity index (χ0) is 14.9. The number of nitrogens with zero attached hydrogens (tertiary/aromatic N) is 1. The molecule has 0 aromatic heterocycles. The number of rotatable bonds is 2. The van der Waals surface area contributed by atoms with Gasteiger partial charge in [-0.2, -0.15) is 0 Å². The van der Waals surface area contributed by atoms with E-state index in [0.29, 0.717) is 19.6 Å². The van der Waals surface area contributed by atoms with E-state index in [-0.39, 0.29) is 17.6 Å². The maximum Gasteiger partial charge on any atom is 0.254 e. The second kappa shape index (κ2) is 5.54. The van der Waals surface area contributed by atoms with E-state index in [1.54, 1.807) is 0 Å². The van der Waals surface area contributed by atoms with Gasteiger partial charge in [0, 0.05) is 25.2 Å². The van der Waals surface area contributed by atoms with E-state index >= 15 is 0 Å². The lowest BCUT2D eigenvalue weighted by atomic mass is 10.00. The van der Waals surface area contributed by atoms with E-state index in [9.17, 15) is 4.79 Å². The van der Waals surface area contributed by atoms with Gasteiger partial charge in [0.25, 0.3) is 5.91 Å². The van der Waals surface area contributed by atoms with E-state index in [2.05, 4.69) is 0 Å². The Bertz CT molecular complexity index is 511. The lowest BCUT2D eigenvalue weighted by molar-refractivity contribution is -0.122. The van der Waals surface area contributed by atoms with Crippen LogP contribution in [0.5, 0.6) is 0 Å². The lowest BCUT2D eigenvalue weighted by Crippen LogP contribution is -2.56. The molecule has 20 heavy (non-hydrogen) atoms. The first-order valence-corrected chi connectivity index (χ1v) is 7.07. The molecule has 1 atom stereocenters. The van der Waals surface area contributed by atoms with Crippen molar-refractivity contribution in [3.63, 3.8) is 0 Å². The summed E-state index contributed by atoms with van der Waals surface area (Å²) in [5.74, 6) is 0.0704. The van der Waals surface area contributed by atoms with Crippen LogP contribution in [0.2, 0.25) is 0 Å². The average molecular weight is 276 g/mol. The maximum atomic E-state index is 12.8. The molecule has 2 N–H and O–H groups in total. The molecule has 1 aromatic carbocycles. The first-order chi connectivity index (χ1) is 9.34. The Morgan fingerprint density at radius 2 is 2.15 bits per heavy atom. The highest BCUT2D eigenvalue weighted by Crippen LogP contribution is 2.23. The van der Waals surface area contributed by atoms with Gasteiger partial charge in [-0.15, -0.1) is 0 Å². The number of benzene rings is 1. The molecule has 1 heterocycles. The largest absolute Gasteiger partial charge is 0.367 e. The number of carbonyl (C=O) groups is 1. The van der Waals surface area contributed by atoms with Crippen molar-refractivity contribution in [3.8, 4) is 0 Å². The zero-order valence-corrected chi connectivity index (χ0v) is 12.8. The van der Waals surface area contributed by atoms with Crippen LogP contribution in [-0.2, 0) is 4.74 Å².